The quantitative estimate of drug-likeness (QED) is 0.243. The second kappa shape index (κ2) is 12.2. The van der Waals surface area contributed by atoms with E-state index >= 15 is 0 Å². The smallest absolute Gasteiger partial charge is 0.0935 e. The van der Waals surface area contributed by atoms with Crippen molar-refractivity contribution in [2.45, 2.75) is 63.6 Å². The molecule has 3 heterocycles. The van der Waals surface area contributed by atoms with Crippen LogP contribution in [0.15, 0.2) is 159 Å². The second-order valence-corrected chi connectivity index (χ2v) is 22.9. The van der Waals surface area contributed by atoms with Crippen molar-refractivity contribution in [1.82, 2.24) is 0 Å². The average molecular weight is 724 g/mol. The lowest BCUT2D eigenvalue weighted by atomic mass is 9.80. The zero-order valence-electron chi connectivity index (χ0n) is 30.2. The first-order valence-electron chi connectivity index (χ1n) is 19.8. The largest absolute Gasteiger partial charge is 0.315 e. The molecule has 11 rings (SSSR count). The Labute approximate surface area is 315 Å². The van der Waals surface area contributed by atoms with Crippen molar-refractivity contribution in [3.63, 3.8) is 0 Å². The van der Waals surface area contributed by atoms with Crippen LogP contribution in [0, 0.1) is 11.8 Å². The van der Waals surface area contributed by atoms with Crippen LogP contribution in [-0.4, -0.2) is 17.6 Å². The third-order valence-corrected chi connectivity index (χ3v) is 21.3. The number of benzene rings is 2. The summed E-state index contributed by atoms with van der Waals surface area (Å²) in [5.74, 6) is 1.09. The Morgan fingerprint density at radius 1 is 0.827 bits per heavy atom. The Morgan fingerprint density at radius 3 is 2.67 bits per heavy atom. The Morgan fingerprint density at radius 2 is 1.75 bits per heavy atom. The number of rotatable bonds is 4. The predicted molar refractivity (Wildman–Crippen MR) is 229 cm³/mol. The molecular weight excluding hydrogens is 679 g/mol. The molecule has 0 radical (unpaired) electrons. The van der Waals surface area contributed by atoms with Gasteiger partial charge >= 0.3 is 0 Å². The van der Waals surface area contributed by atoms with Gasteiger partial charge in [0.05, 0.1) is 17.6 Å². The molecule has 6 aliphatic carbocycles. The zero-order chi connectivity index (χ0) is 34.5. The predicted octanol–water partition coefficient (Wildman–Crippen LogP) is 9.57. The monoisotopic (exact) mass is 723 g/mol. The third kappa shape index (κ3) is 4.63. The molecule has 4 heteroatoms. The molecule has 256 valence electrons. The van der Waals surface area contributed by atoms with E-state index in [9.17, 15) is 0 Å². The molecule has 0 saturated carbocycles. The molecule has 5 atom stereocenters. The van der Waals surface area contributed by atoms with E-state index in [1.54, 1.807) is 31.6 Å². The van der Waals surface area contributed by atoms with Gasteiger partial charge in [-0.3, -0.25) is 0 Å². The van der Waals surface area contributed by atoms with Crippen LogP contribution < -0.4 is 19.8 Å². The summed E-state index contributed by atoms with van der Waals surface area (Å²) in [6.45, 7) is 5.27. The maximum Gasteiger partial charge on any atom is 0.0935 e. The summed E-state index contributed by atoms with van der Waals surface area (Å²) in [5, 5.41) is 8.23. The average Bonchev–Trinajstić information content (AvgIpc) is 3.82. The van der Waals surface area contributed by atoms with E-state index < -0.39 is 17.6 Å². The minimum atomic E-state index is -1.23. The van der Waals surface area contributed by atoms with Gasteiger partial charge in [0.15, 0.2) is 0 Å². The van der Waals surface area contributed by atoms with Crippen molar-refractivity contribution in [2.24, 2.45) is 11.8 Å². The molecule has 52 heavy (non-hydrogen) atoms. The molecule has 0 N–H and O–H groups in total. The number of hydrogen-bond donors (Lipinski definition) is 0. The summed E-state index contributed by atoms with van der Waals surface area (Å²) in [4.78, 5) is 2.75. The minimum Gasteiger partial charge on any atom is -0.315 e. The van der Waals surface area contributed by atoms with Gasteiger partial charge in [-0.15, -0.1) is 11.3 Å². The van der Waals surface area contributed by atoms with Gasteiger partial charge in [-0.05, 0) is 130 Å². The van der Waals surface area contributed by atoms with E-state index in [-0.39, 0.29) is 0 Å². The number of nitrogens with zero attached hydrogens (tertiary/aromatic N) is 1. The van der Waals surface area contributed by atoms with Gasteiger partial charge in [-0.1, -0.05) is 115 Å². The molecule has 3 aromatic rings. The number of allylic oxidation sites excluding steroid dienone is 19. The van der Waals surface area contributed by atoms with Gasteiger partial charge in [-0.2, -0.15) is 0 Å². The maximum atomic E-state index is 2.75. The third-order valence-electron chi connectivity index (χ3n) is 13.6. The van der Waals surface area contributed by atoms with Crippen LogP contribution in [0.2, 0.25) is 18.6 Å². The molecule has 0 bridgehead atoms. The normalized spacial score (nSPS) is 28.0. The molecule has 2 aromatic carbocycles. The first-order valence-corrected chi connectivity index (χ1v) is 25.3. The molecule has 0 fully saturated rings. The number of thiophene rings is 1. The highest BCUT2D eigenvalue weighted by atomic mass is 32.1. The first kappa shape index (κ1) is 31.3. The Hall–Kier alpha value is -4.23. The summed E-state index contributed by atoms with van der Waals surface area (Å²) in [5.41, 5.74) is 14.4. The fraction of sp³-hybridized carbons (Fsp3) is 0.250. The fourth-order valence-electron chi connectivity index (χ4n) is 11.0. The van der Waals surface area contributed by atoms with Crippen molar-refractivity contribution in [1.29, 1.82) is 0 Å². The highest BCUT2D eigenvalue weighted by molar-refractivity contribution is 7.17. The van der Waals surface area contributed by atoms with Crippen LogP contribution in [0.4, 0.5) is 5.69 Å². The van der Waals surface area contributed by atoms with E-state index in [4.69, 9.17) is 0 Å². The number of fused-ring (bicyclic) bond motifs is 9. The zero-order valence-corrected chi connectivity index (χ0v) is 33.4. The molecule has 0 spiro atoms. The van der Waals surface area contributed by atoms with E-state index in [2.05, 4.69) is 139 Å². The maximum absolute atomic E-state index is 2.75. The Balaban J connectivity index is 1.07. The van der Waals surface area contributed by atoms with E-state index in [0.29, 0.717) is 17.4 Å². The minimum absolute atomic E-state index is 0.519. The SMILES string of the molecule is C[SiH]1C2=C(C=CCC2)C2CC=CC(N(C3=CC=C(C4=C5C=CC=CC5CC=C4)CC3)c3ccc4c(c3)[SiH](C)C3CC=c5c(sc6ccccc56)=C43)=C21. The molecule has 5 unspecified atom stereocenters. The van der Waals surface area contributed by atoms with Crippen molar-refractivity contribution in [3.8, 4) is 0 Å². The summed E-state index contributed by atoms with van der Waals surface area (Å²) in [6, 6.07) is 16.8. The lowest BCUT2D eigenvalue weighted by Gasteiger charge is -2.36. The molecule has 2 aliphatic heterocycles. The molecule has 1 nitrogen and oxygen atoms in total. The van der Waals surface area contributed by atoms with Gasteiger partial charge in [0.25, 0.3) is 0 Å². The molecule has 8 aliphatic rings. The Bertz CT molecular complexity index is 2560. The van der Waals surface area contributed by atoms with Crippen LogP contribution >= 0.6 is 11.3 Å². The topological polar surface area (TPSA) is 3.24 Å². The molecule has 1 aromatic heterocycles. The van der Waals surface area contributed by atoms with Crippen LogP contribution in [0.3, 0.4) is 0 Å². The number of hydrogen-bond acceptors (Lipinski definition) is 2. The van der Waals surface area contributed by atoms with Crippen molar-refractivity contribution < 1.29 is 0 Å². The second-order valence-electron chi connectivity index (χ2n) is 16.1. The lowest BCUT2D eigenvalue weighted by Crippen LogP contribution is -2.32. The van der Waals surface area contributed by atoms with Crippen molar-refractivity contribution in [2.75, 3.05) is 4.90 Å². The van der Waals surface area contributed by atoms with Crippen LogP contribution in [0.5, 0.6) is 0 Å². The van der Waals surface area contributed by atoms with Gasteiger partial charge < -0.3 is 4.90 Å². The first-order chi connectivity index (χ1) is 25.6. The number of anilines is 1. The standard InChI is InChI=1S/C48H45NSSi2/c1-51-44-28-27-38-36-14-5-7-19-42(36)50-47(38)46(44)40-26-25-33(29-45(40)51)49(41-18-10-17-39-37-15-6-8-20-43(37)52(2)48(39)41)32-23-21-31(22-24-32)35-16-9-12-30-11-3-4-13-34(30)35/h3-7,9-11,13-16,18-19,21,23,25-27,29-30,39,44,51-52H,8,12,17,20,22,24,28H2,1-2H3. The van der Waals surface area contributed by atoms with Gasteiger partial charge in [0, 0.05) is 38.1 Å². The van der Waals surface area contributed by atoms with E-state index in [1.807, 2.05) is 16.5 Å². The van der Waals surface area contributed by atoms with E-state index in [0.717, 1.165) is 25.7 Å². The van der Waals surface area contributed by atoms with Gasteiger partial charge in [-0.25, -0.2) is 0 Å². The van der Waals surface area contributed by atoms with Gasteiger partial charge in [0.2, 0.25) is 0 Å². The van der Waals surface area contributed by atoms with Crippen LogP contribution in [0.1, 0.15) is 50.5 Å². The van der Waals surface area contributed by atoms with E-state index in [1.165, 1.54) is 68.4 Å². The highest BCUT2D eigenvalue weighted by Crippen LogP contribution is 2.49. The molecular formula is C48H45NSSi2. The summed E-state index contributed by atoms with van der Waals surface area (Å²) in [6.07, 6.45) is 39.6. The lowest BCUT2D eigenvalue weighted by molar-refractivity contribution is 0.746. The van der Waals surface area contributed by atoms with Crippen molar-refractivity contribution in [3.05, 3.63) is 175 Å². The summed E-state index contributed by atoms with van der Waals surface area (Å²) in [7, 11) is -2.47. The van der Waals surface area contributed by atoms with Crippen LogP contribution in [0.25, 0.3) is 21.7 Å². The summed E-state index contributed by atoms with van der Waals surface area (Å²) < 4.78 is 2.97. The van der Waals surface area contributed by atoms with Crippen molar-refractivity contribution >= 4 is 61.5 Å². The van der Waals surface area contributed by atoms with Crippen LogP contribution in [-0.2, 0) is 0 Å². The fourth-order valence-corrected chi connectivity index (χ4v) is 18.8. The highest BCUT2D eigenvalue weighted by Gasteiger charge is 2.41. The molecule has 0 amide bonds. The van der Waals surface area contributed by atoms with Gasteiger partial charge in [0.1, 0.15) is 0 Å². The Kier molecular flexibility index (Phi) is 7.32. The molecule has 0 saturated heterocycles. The summed E-state index contributed by atoms with van der Waals surface area (Å²) >= 11 is 2.03.